The first-order chi connectivity index (χ1) is 11.6. The Hall–Kier alpha value is -0.970. The Morgan fingerprint density at radius 2 is 1.20 bits per heavy atom. The van der Waals surface area contributed by atoms with Crippen molar-refractivity contribution >= 4 is 24.3 Å². The van der Waals surface area contributed by atoms with E-state index in [1.807, 2.05) is 0 Å². The fourth-order valence-electron chi connectivity index (χ4n) is 3.01. The van der Waals surface area contributed by atoms with Crippen molar-refractivity contribution in [2.75, 3.05) is 6.54 Å². The molecule has 1 atom stereocenters. The molecule has 0 aromatic rings. The molecule has 6 heteroatoms. The van der Waals surface area contributed by atoms with Gasteiger partial charge < -0.3 is 17.2 Å². The Balaban J connectivity index is 0. The molecule has 0 fully saturated rings. The van der Waals surface area contributed by atoms with Crippen LogP contribution >= 0.6 is 12.4 Å². The number of guanidine groups is 1. The number of hydrogen-bond donors (Lipinski definition) is 3. The summed E-state index contributed by atoms with van der Waals surface area (Å²) in [5, 5.41) is 0. The minimum absolute atomic E-state index is 0. The van der Waals surface area contributed by atoms with Gasteiger partial charge in [0, 0.05) is 12.5 Å². The number of nitrogens with zero attached hydrogens (tertiary/aromatic N) is 1. The lowest BCUT2D eigenvalue weighted by Gasteiger charge is -2.11. The summed E-state index contributed by atoms with van der Waals surface area (Å²) in [6.45, 7) is 2.74. The van der Waals surface area contributed by atoms with Gasteiger partial charge in [0.25, 0.3) is 0 Å². The van der Waals surface area contributed by atoms with Crippen LogP contribution in [-0.4, -0.2) is 18.4 Å². The molecule has 6 N–H and O–H groups in total. The Kier molecular flexibility index (Phi) is 20.3. The second-order valence-electron chi connectivity index (χ2n) is 6.87. The molecule has 150 valence electrons. The molecular weight excluding hydrogens is 336 g/mol. The molecule has 0 aliphatic heterocycles. The lowest BCUT2D eigenvalue weighted by atomic mass is 9.96. The van der Waals surface area contributed by atoms with Crippen LogP contribution in [0.3, 0.4) is 0 Å². The number of carbonyl (C=O) groups is 1. The maximum Gasteiger partial charge on any atom is 0.220 e. The number of amides is 1. The zero-order valence-corrected chi connectivity index (χ0v) is 17.0. The van der Waals surface area contributed by atoms with E-state index in [0.29, 0.717) is 13.0 Å². The molecule has 5 nitrogen and oxygen atoms in total. The van der Waals surface area contributed by atoms with Crippen molar-refractivity contribution in [3.05, 3.63) is 0 Å². The predicted molar refractivity (Wildman–Crippen MR) is 111 cm³/mol. The molecule has 25 heavy (non-hydrogen) atoms. The van der Waals surface area contributed by atoms with Gasteiger partial charge in [0.1, 0.15) is 0 Å². The summed E-state index contributed by atoms with van der Waals surface area (Å²) in [5.41, 5.74) is 16.0. The number of nitrogens with two attached hydrogens (primary N) is 3. The first kappa shape index (κ1) is 26.3. The standard InChI is InChI=1S/C19H40N4O.ClH/c1-2-3-4-5-6-7-8-9-10-11-12-13-14-17(18(20)24)15-16-23-19(21)22;/h17H,2-16H2,1H3,(H2,20,24)(H4,21,22,23);1H. The van der Waals surface area contributed by atoms with Gasteiger partial charge >= 0.3 is 0 Å². The maximum absolute atomic E-state index is 11.4. The van der Waals surface area contributed by atoms with Crippen LogP contribution in [0, 0.1) is 5.92 Å². The van der Waals surface area contributed by atoms with Gasteiger partial charge in [-0.1, -0.05) is 84.0 Å². The van der Waals surface area contributed by atoms with Crippen molar-refractivity contribution in [3.8, 4) is 0 Å². The average molecular weight is 377 g/mol. The molecular formula is C19H41ClN4O. The minimum atomic E-state index is -0.233. The summed E-state index contributed by atoms with van der Waals surface area (Å²) in [5.74, 6) is -0.260. The maximum atomic E-state index is 11.4. The second-order valence-corrected chi connectivity index (χ2v) is 6.87. The second kappa shape index (κ2) is 19.4. The monoisotopic (exact) mass is 376 g/mol. The number of carbonyl (C=O) groups excluding carboxylic acids is 1. The SMILES string of the molecule is CCCCCCCCCCCCCCC(CCN=C(N)N)C(N)=O.Cl. The third-order valence-corrected chi connectivity index (χ3v) is 4.58. The molecule has 0 saturated carbocycles. The fourth-order valence-corrected chi connectivity index (χ4v) is 3.01. The van der Waals surface area contributed by atoms with E-state index >= 15 is 0 Å². The summed E-state index contributed by atoms with van der Waals surface area (Å²) in [4.78, 5) is 15.3. The number of rotatable bonds is 17. The fraction of sp³-hybridized carbons (Fsp3) is 0.895. The van der Waals surface area contributed by atoms with E-state index in [9.17, 15) is 4.79 Å². The largest absolute Gasteiger partial charge is 0.370 e. The van der Waals surface area contributed by atoms with Gasteiger partial charge in [0.05, 0.1) is 0 Å². The number of hydrogen-bond acceptors (Lipinski definition) is 2. The van der Waals surface area contributed by atoms with Gasteiger partial charge in [-0.05, 0) is 12.8 Å². The summed E-state index contributed by atoms with van der Waals surface area (Å²) in [7, 11) is 0. The molecule has 0 radical (unpaired) electrons. The van der Waals surface area contributed by atoms with Crippen LogP contribution in [0.1, 0.15) is 96.8 Å². The normalized spacial score (nSPS) is 11.6. The lowest BCUT2D eigenvalue weighted by Crippen LogP contribution is -2.26. The molecule has 0 bridgehead atoms. The quantitative estimate of drug-likeness (QED) is 0.200. The first-order valence-electron chi connectivity index (χ1n) is 9.92. The summed E-state index contributed by atoms with van der Waals surface area (Å²) in [6.07, 6.45) is 17.3. The van der Waals surface area contributed by atoms with Crippen LogP contribution in [-0.2, 0) is 4.79 Å². The number of primary amides is 1. The number of unbranched alkanes of at least 4 members (excludes halogenated alkanes) is 11. The summed E-state index contributed by atoms with van der Waals surface area (Å²) >= 11 is 0. The van der Waals surface area contributed by atoms with E-state index in [-0.39, 0.29) is 30.2 Å². The van der Waals surface area contributed by atoms with Crippen molar-refractivity contribution in [2.24, 2.45) is 28.1 Å². The summed E-state index contributed by atoms with van der Waals surface area (Å²) < 4.78 is 0. The molecule has 0 saturated heterocycles. The molecule has 0 aliphatic carbocycles. The van der Waals surface area contributed by atoms with Crippen LogP contribution in [0.4, 0.5) is 0 Å². The van der Waals surface area contributed by atoms with E-state index in [1.165, 1.54) is 70.6 Å². The molecule has 0 aliphatic rings. The zero-order chi connectivity index (χ0) is 18.0. The molecule has 1 unspecified atom stereocenters. The smallest absolute Gasteiger partial charge is 0.220 e. The highest BCUT2D eigenvalue weighted by Gasteiger charge is 2.14. The van der Waals surface area contributed by atoms with E-state index in [1.54, 1.807) is 0 Å². The minimum Gasteiger partial charge on any atom is -0.370 e. The topological polar surface area (TPSA) is 107 Å². The Morgan fingerprint density at radius 1 is 0.760 bits per heavy atom. The molecule has 1 amide bonds. The van der Waals surface area contributed by atoms with Crippen molar-refractivity contribution in [1.29, 1.82) is 0 Å². The molecule has 0 rings (SSSR count). The van der Waals surface area contributed by atoms with Gasteiger partial charge in [-0.25, -0.2) is 0 Å². The van der Waals surface area contributed by atoms with Gasteiger partial charge in [0.15, 0.2) is 5.96 Å². The molecule has 0 aromatic carbocycles. The summed E-state index contributed by atoms with van der Waals surface area (Å²) in [6, 6.07) is 0. The number of aliphatic imine (C=N–C) groups is 1. The first-order valence-corrected chi connectivity index (χ1v) is 9.92. The molecule has 0 heterocycles. The molecule has 0 aromatic heterocycles. The Labute approximate surface area is 161 Å². The van der Waals surface area contributed by atoms with Crippen LogP contribution in [0.25, 0.3) is 0 Å². The van der Waals surface area contributed by atoms with Crippen molar-refractivity contribution in [2.45, 2.75) is 96.8 Å². The third kappa shape index (κ3) is 19.2. The predicted octanol–water partition coefficient (Wildman–Crippen LogP) is 4.26. The van der Waals surface area contributed by atoms with Crippen LogP contribution < -0.4 is 17.2 Å². The van der Waals surface area contributed by atoms with Crippen molar-refractivity contribution in [3.63, 3.8) is 0 Å². The van der Waals surface area contributed by atoms with E-state index in [0.717, 1.165) is 12.8 Å². The highest BCUT2D eigenvalue weighted by atomic mass is 35.5. The highest BCUT2D eigenvalue weighted by Crippen LogP contribution is 2.16. The van der Waals surface area contributed by atoms with Crippen molar-refractivity contribution in [1.82, 2.24) is 0 Å². The van der Waals surface area contributed by atoms with Crippen LogP contribution in [0.2, 0.25) is 0 Å². The van der Waals surface area contributed by atoms with E-state index < -0.39 is 0 Å². The number of halogens is 1. The van der Waals surface area contributed by atoms with Gasteiger partial charge in [-0.3, -0.25) is 9.79 Å². The highest BCUT2D eigenvalue weighted by molar-refractivity contribution is 5.85. The van der Waals surface area contributed by atoms with Crippen LogP contribution in [0.5, 0.6) is 0 Å². The van der Waals surface area contributed by atoms with Crippen molar-refractivity contribution < 1.29 is 4.79 Å². The van der Waals surface area contributed by atoms with E-state index in [4.69, 9.17) is 17.2 Å². The van der Waals surface area contributed by atoms with E-state index in [2.05, 4.69) is 11.9 Å². The Bertz CT molecular complexity index is 333. The third-order valence-electron chi connectivity index (χ3n) is 4.58. The average Bonchev–Trinajstić information content (AvgIpc) is 2.53. The van der Waals surface area contributed by atoms with Gasteiger partial charge in [0.2, 0.25) is 5.91 Å². The van der Waals surface area contributed by atoms with Crippen LogP contribution in [0.15, 0.2) is 4.99 Å². The van der Waals surface area contributed by atoms with Gasteiger partial charge in [-0.15, -0.1) is 12.4 Å². The molecule has 0 spiro atoms. The van der Waals surface area contributed by atoms with Gasteiger partial charge in [-0.2, -0.15) is 0 Å². The zero-order valence-electron chi connectivity index (χ0n) is 16.2. The lowest BCUT2D eigenvalue weighted by molar-refractivity contribution is -0.122. The Morgan fingerprint density at radius 3 is 1.60 bits per heavy atom.